The highest BCUT2D eigenvalue weighted by Crippen LogP contribution is 2.10. The quantitative estimate of drug-likeness (QED) is 0.713. The van der Waals surface area contributed by atoms with E-state index in [4.69, 9.17) is 4.42 Å². The van der Waals surface area contributed by atoms with Crippen molar-refractivity contribution < 1.29 is 9.21 Å². The average molecular weight is 199 g/mol. The lowest BCUT2D eigenvalue weighted by molar-refractivity contribution is 0.110. The van der Waals surface area contributed by atoms with Crippen LogP contribution in [0.25, 0.3) is 12.2 Å². The fourth-order valence-electron chi connectivity index (χ4n) is 1.17. The van der Waals surface area contributed by atoms with Gasteiger partial charge in [-0.1, -0.05) is 6.08 Å². The molecule has 0 fully saturated rings. The first-order chi connectivity index (χ1) is 7.38. The highest BCUT2D eigenvalue weighted by molar-refractivity contribution is 5.73. The summed E-state index contributed by atoms with van der Waals surface area (Å²) >= 11 is 0. The molecule has 0 radical (unpaired) electrons. The maximum Gasteiger partial charge on any atom is 0.185 e. The van der Waals surface area contributed by atoms with Gasteiger partial charge in [-0.3, -0.25) is 9.78 Å². The molecule has 0 unspecified atom stereocenters. The van der Waals surface area contributed by atoms with Gasteiger partial charge in [0.15, 0.2) is 12.0 Å². The molecule has 0 aliphatic carbocycles. The highest BCUT2D eigenvalue weighted by Gasteiger charge is 1.95. The third-order valence-electron chi connectivity index (χ3n) is 1.91. The second-order valence-corrected chi connectivity index (χ2v) is 2.97. The number of carbonyl (C=O) groups excluding carboxylic acids is 1. The fraction of sp³-hybridized carbons (Fsp3) is 0. The summed E-state index contributed by atoms with van der Waals surface area (Å²) in [6, 6.07) is 7.17. The number of hydrogen-bond acceptors (Lipinski definition) is 3. The zero-order chi connectivity index (χ0) is 10.5. The Bertz CT molecular complexity index is 471. The van der Waals surface area contributed by atoms with Crippen LogP contribution in [0.1, 0.15) is 21.9 Å². The number of carbonyl (C=O) groups is 1. The number of aromatic nitrogens is 1. The average Bonchev–Trinajstić information content (AvgIpc) is 2.76. The van der Waals surface area contributed by atoms with Crippen LogP contribution < -0.4 is 0 Å². The van der Waals surface area contributed by atoms with Crippen LogP contribution in [0.5, 0.6) is 0 Å². The van der Waals surface area contributed by atoms with Crippen LogP contribution in [-0.4, -0.2) is 11.3 Å². The zero-order valence-electron chi connectivity index (χ0n) is 7.96. The van der Waals surface area contributed by atoms with Crippen molar-refractivity contribution in [3.05, 3.63) is 53.7 Å². The molecule has 3 nitrogen and oxygen atoms in total. The van der Waals surface area contributed by atoms with Gasteiger partial charge in [0.1, 0.15) is 5.76 Å². The first-order valence-corrected chi connectivity index (χ1v) is 4.51. The van der Waals surface area contributed by atoms with Crippen LogP contribution in [0, 0.1) is 0 Å². The molecule has 2 aromatic heterocycles. The van der Waals surface area contributed by atoms with Gasteiger partial charge in [0.25, 0.3) is 0 Å². The number of aldehydes is 1. The molecule has 2 heterocycles. The predicted octanol–water partition coefficient (Wildman–Crippen LogP) is 2.66. The van der Waals surface area contributed by atoms with Crippen molar-refractivity contribution in [2.45, 2.75) is 0 Å². The third-order valence-corrected chi connectivity index (χ3v) is 1.91. The Hall–Kier alpha value is -2.16. The van der Waals surface area contributed by atoms with Crippen molar-refractivity contribution in [1.82, 2.24) is 4.98 Å². The van der Waals surface area contributed by atoms with Crippen molar-refractivity contribution in [2.75, 3.05) is 0 Å². The highest BCUT2D eigenvalue weighted by atomic mass is 16.3. The molecule has 2 rings (SSSR count). The molecule has 0 N–H and O–H groups in total. The molecular formula is C12H9NO2. The molecule has 0 aliphatic rings. The summed E-state index contributed by atoms with van der Waals surface area (Å²) in [5.41, 5.74) is 1.04. The van der Waals surface area contributed by atoms with Gasteiger partial charge in [0, 0.05) is 12.4 Å². The van der Waals surface area contributed by atoms with Gasteiger partial charge in [-0.25, -0.2) is 0 Å². The Kier molecular flexibility index (Phi) is 2.74. The van der Waals surface area contributed by atoms with Gasteiger partial charge in [-0.2, -0.15) is 0 Å². The van der Waals surface area contributed by atoms with Crippen LogP contribution in [0.4, 0.5) is 0 Å². The van der Waals surface area contributed by atoms with Crippen LogP contribution >= 0.6 is 0 Å². The molecule has 0 saturated carbocycles. The Morgan fingerprint density at radius 1 is 1.00 bits per heavy atom. The molecule has 2 aromatic rings. The van der Waals surface area contributed by atoms with E-state index in [1.54, 1.807) is 24.5 Å². The number of furan rings is 1. The van der Waals surface area contributed by atoms with E-state index in [0.29, 0.717) is 17.8 Å². The molecule has 0 saturated heterocycles. The second-order valence-electron chi connectivity index (χ2n) is 2.97. The Balaban J connectivity index is 2.15. The van der Waals surface area contributed by atoms with Gasteiger partial charge in [0.2, 0.25) is 0 Å². The predicted molar refractivity (Wildman–Crippen MR) is 57.3 cm³/mol. The largest absolute Gasteiger partial charge is 0.454 e. The Morgan fingerprint density at radius 2 is 1.73 bits per heavy atom. The molecule has 0 atom stereocenters. The summed E-state index contributed by atoms with van der Waals surface area (Å²) < 4.78 is 5.18. The van der Waals surface area contributed by atoms with Crippen LogP contribution in [-0.2, 0) is 0 Å². The third kappa shape index (κ3) is 2.40. The summed E-state index contributed by atoms with van der Waals surface area (Å²) in [6.07, 6.45) is 7.83. The van der Waals surface area contributed by atoms with E-state index in [1.807, 2.05) is 24.3 Å². The first-order valence-electron chi connectivity index (χ1n) is 4.51. The summed E-state index contributed by atoms with van der Waals surface area (Å²) in [5.74, 6) is 0.998. The Morgan fingerprint density at radius 3 is 2.40 bits per heavy atom. The molecule has 0 aromatic carbocycles. The van der Waals surface area contributed by atoms with Gasteiger partial charge in [0.05, 0.1) is 0 Å². The van der Waals surface area contributed by atoms with E-state index in [2.05, 4.69) is 4.98 Å². The molecular weight excluding hydrogens is 190 g/mol. The fourth-order valence-corrected chi connectivity index (χ4v) is 1.17. The van der Waals surface area contributed by atoms with E-state index in [0.717, 1.165) is 5.56 Å². The van der Waals surface area contributed by atoms with Gasteiger partial charge in [-0.15, -0.1) is 0 Å². The SMILES string of the molecule is O=Cc1ccc(/C=C/c2ccncc2)o1. The summed E-state index contributed by atoms with van der Waals surface area (Å²) in [5, 5.41) is 0. The van der Waals surface area contributed by atoms with Crippen molar-refractivity contribution in [1.29, 1.82) is 0 Å². The minimum Gasteiger partial charge on any atom is -0.454 e. The normalized spacial score (nSPS) is 10.7. The Labute approximate surface area is 87.1 Å². The summed E-state index contributed by atoms with van der Waals surface area (Å²) in [7, 11) is 0. The minimum atomic E-state index is 0.337. The van der Waals surface area contributed by atoms with Crippen molar-refractivity contribution >= 4 is 18.4 Å². The maximum absolute atomic E-state index is 10.4. The number of nitrogens with zero attached hydrogens (tertiary/aromatic N) is 1. The van der Waals surface area contributed by atoms with Gasteiger partial charge >= 0.3 is 0 Å². The van der Waals surface area contributed by atoms with Crippen molar-refractivity contribution in [3.63, 3.8) is 0 Å². The lowest BCUT2D eigenvalue weighted by Gasteiger charge is -1.89. The van der Waals surface area contributed by atoms with E-state index >= 15 is 0 Å². The molecule has 74 valence electrons. The molecule has 0 aliphatic heterocycles. The molecule has 0 bridgehead atoms. The smallest absolute Gasteiger partial charge is 0.185 e. The van der Waals surface area contributed by atoms with E-state index in [1.165, 1.54) is 0 Å². The second kappa shape index (κ2) is 4.37. The van der Waals surface area contributed by atoms with Gasteiger partial charge in [-0.05, 0) is 35.9 Å². The van der Waals surface area contributed by atoms with Crippen LogP contribution in [0.2, 0.25) is 0 Å². The number of pyridine rings is 1. The van der Waals surface area contributed by atoms with E-state index in [-0.39, 0.29) is 0 Å². The van der Waals surface area contributed by atoms with Gasteiger partial charge < -0.3 is 4.42 Å². The van der Waals surface area contributed by atoms with Crippen LogP contribution in [0.3, 0.4) is 0 Å². The zero-order valence-corrected chi connectivity index (χ0v) is 7.96. The van der Waals surface area contributed by atoms with Crippen molar-refractivity contribution in [2.24, 2.45) is 0 Å². The maximum atomic E-state index is 10.4. The lowest BCUT2D eigenvalue weighted by atomic mass is 10.2. The topological polar surface area (TPSA) is 43.1 Å². The minimum absolute atomic E-state index is 0.337. The first kappa shape index (κ1) is 9.40. The van der Waals surface area contributed by atoms with E-state index < -0.39 is 0 Å². The van der Waals surface area contributed by atoms with Crippen LogP contribution in [0.15, 0.2) is 41.1 Å². The summed E-state index contributed by atoms with van der Waals surface area (Å²) in [4.78, 5) is 14.3. The molecule has 15 heavy (non-hydrogen) atoms. The van der Waals surface area contributed by atoms with E-state index in [9.17, 15) is 4.79 Å². The number of hydrogen-bond donors (Lipinski definition) is 0. The monoisotopic (exact) mass is 199 g/mol. The molecule has 3 heteroatoms. The summed E-state index contributed by atoms with van der Waals surface area (Å²) in [6.45, 7) is 0. The molecule has 0 spiro atoms. The van der Waals surface area contributed by atoms with Crippen molar-refractivity contribution in [3.8, 4) is 0 Å². The lowest BCUT2D eigenvalue weighted by Crippen LogP contribution is -1.72. The molecule has 0 amide bonds. The standard InChI is InChI=1S/C12H9NO2/c14-9-12-4-3-11(15-12)2-1-10-5-7-13-8-6-10/h1-9H/b2-1+. The number of rotatable bonds is 3.